The maximum absolute atomic E-state index is 11.3. The summed E-state index contributed by atoms with van der Waals surface area (Å²) in [5.41, 5.74) is 0.991. The van der Waals surface area contributed by atoms with Crippen LogP contribution in [0, 0.1) is 5.92 Å². The summed E-state index contributed by atoms with van der Waals surface area (Å²) in [5, 5.41) is -0.0152. The number of benzene rings is 1. The predicted octanol–water partition coefficient (Wildman–Crippen LogP) is 2.30. The molecule has 1 aromatic carbocycles. The van der Waals surface area contributed by atoms with Gasteiger partial charge in [0.05, 0.1) is 16.4 Å². The first-order valence-corrected chi connectivity index (χ1v) is 6.49. The summed E-state index contributed by atoms with van der Waals surface area (Å²) < 4.78 is 0. The number of halogens is 1. The van der Waals surface area contributed by atoms with Crippen molar-refractivity contribution < 1.29 is 0 Å². The van der Waals surface area contributed by atoms with Crippen LogP contribution in [0.2, 0.25) is 0 Å². The van der Waals surface area contributed by atoms with Gasteiger partial charge >= 0.3 is 11.1 Å². The molecule has 0 radical (unpaired) electrons. The van der Waals surface area contributed by atoms with Gasteiger partial charge in [0.25, 0.3) is 0 Å². The summed E-state index contributed by atoms with van der Waals surface area (Å²) in [4.78, 5) is 27.6. The average Bonchev–Trinajstić information content (AvgIpc) is 2.27. The van der Waals surface area contributed by atoms with Crippen LogP contribution in [0.5, 0.6) is 0 Å². The Morgan fingerprint density at radius 1 is 1.11 bits per heavy atom. The largest absolute Gasteiger partial charge is 0.316 e. The highest BCUT2D eigenvalue weighted by molar-refractivity contribution is 6.21. The number of H-pyrrole nitrogens is 2. The first-order valence-electron chi connectivity index (χ1n) is 6.05. The van der Waals surface area contributed by atoms with Crippen molar-refractivity contribution in [3.05, 3.63) is 44.5 Å². The summed E-state index contributed by atoms with van der Waals surface area (Å²) in [6.45, 7) is 0. The lowest BCUT2D eigenvalue weighted by atomic mass is 9.80. The maximum atomic E-state index is 11.3. The van der Waals surface area contributed by atoms with E-state index in [0.29, 0.717) is 17.0 Å². The highest BCUT2D eigenvalue weighted by Gasteiger charge is 2.26. The molecule has 5 heteroatoms. The second-order valence-electron chi connectivity index (χ2n) is 4.81. The molecule has 1 fully saturated rings. The Morgan fingerprint density at radius 3 is 2.39 bits per heavy atom. The Hall–Kier alpha value is -1.55. The van der Waals surface area contributed by atoms with E-state index in [9.17, 15) is 9.59 Å². The smallest absolute Gasteiger partial charge is 0.314 e. The van der Waals surface area contributed by atoms with Crippen LogP contribution in [0.25, 0.3) is 11.0 Å². The predicted molar refractivity (Wildman–Crippen MR) is 71.1 cm³/mol. The molecule has 0 amide bonds. The first-order chi connectivity index (χ1) is 8.65. The minimum absolute atomic E-state index is 0.0152. The van der Waals surface area contributed by atoms with Crippen molar-refractivity contribution in [1.29, 1.82) is 0 Å². The molecule has 1 unspecified atom stereocenters. The van der Waals surface area contributed by atoms with Gasteiger partial charge in [0.2, 0.25) is 0 Å². The molecule has 1 saturated carbocycles. The van der Waals surface area contributed by atoms with Gasteiger partial charge in [-0.2, -0.15) is 0 Å². The first kappa shape index (κ1) is 11.5. The number of nitrogens with one attached hydrogen (secondary N) is 2. The maximum Gasteiger partial charge on any atom is 0.314 e. The molecule has 1 aromatic heterocycles. The van der Waals surface area contributed by atoms with Crippen LogP contribution in [-0.4, -0.2) is 9.97 Å². The third-order valence-electron chi connectivity index (χ3n) is 3.63. The zero-order valence-corrected chi connectivity index (χ0v) is 10.5. The molecule has 0 spiro atoms. The van der Waals surface area contributed by atoms with Gasteiger partial charge in [-0.05, 0) is 36.5 Å². The monoisotopic (exact) mass is 264 g/mol. The number of aromatic nitrogens is 2. The van der Waals surface area contributed by atoms with E-state index in [1.165, 1.54) is 6.42 Å². The highest BCUT2D eigenvalue weighted by Crippen LogP contribution is 2.41. The summed E-state index contributed by atoms with van der Waals surface area (Å²) in [6.07, 6.45) is 3.56. The minimum Gasteiger partial charge on any atom is -0.316 e. The number of fused-ring (bicyclic) bond motifs is 1. The fourth-order valence-corrected chi connectivity index (χ4v) is 2.70. The summed E-state index contributed by atoms with van der Waals surface area (Å²) in [6, 6.07) is 5.55. The van der Waals surface area contributed by atoms with E-state index in [4.69, 9.17) is 11.6 Å². The zero-order valence-electron chi connectivity index (χ0n) is 9.70. The average molecular weight is 265 g/mol. The third kappa shape index (κ3) is 1.86. The number of hydrogen-bond acceptors (Lipinski definition) is 2. The van der Waals surface area contributed by atoms with E-state index >= 15 is 0 Å². The minimum atomic E-state index is -0.630. The lowest BCUT2D eigenvalue weighted by Gasteiger charge is -2.30. The standard InChI is InChI=1S/C13H13ClN2O2/c14-11(7-2-1-3-7)8-4-5-9-10(6-8)16-13(18)12(17)15-9/h4-7,11H,1-3H2,(H,15,17)(H,16,18). The van der Waals surface area contributed by atoms with Crippen LogP contribution in [0.1, 0.15) is 30.2 Å². The summed E-state index contributed by atoms with van der Waals surface area (Å²) >= 11 is 6.42. The third-order valence-corrected chi connectivity index (χ3v) is 4.24. The van der Waals surface area contributed by atoms with E-state index in [0.717, 1.165) is 18.4 Å². The fraction of sp³-hybridized carbons (Fsp3) is 0.385. The van der Waals surface area contributed by atoms with Gasteiger partial charge in [0.1, 0.15) is 0 Å². The van der Waals surface area contributed by atoms with Crippen LogP contribution in [0.15, 0.2) is 27.8 Å². The molecule has 1 aliphatic rings. The Balaban J connectivity index is 2.07. The molecular weight excluding hydrogens is 252 g/mol. The van der Waals surface area contributed by atoms with Gasteiger partial charge in [-0.25, -0.2) is 0 Å². The number of rotatable bonds is 2. The Bertz CT molecular complexity index is 700. The van der Waals surface area contributed by atoms with Gasteiger partial charge in [-0.3, -0.25) is 9.59 Å². The summed E-state index contributed by atoms with van der Waals surface area (Å²) in [7, 11) is 0. The van der Waals surface area contributed by atoms with Crippen molar-refractivity contribution in [2.24, 2.45) is 5.92 Å². The van der Waals surface area contributed by atoms with E-state index in [2.05, 4.69) is 9.97 Å². The molecule has 1 heterocycles. The fourth-order valence-electron chi connectivity index (χ4n) is 2.31. The molecule has 0 bridgehead atoms. The second-order valence-corrected chi connectivity index (χ2v) is 5.28. The Kier molecular flexibility index (Phi) is 2.74. The molecule has 94 valence electrons. The number of aromatic amines is 2. The van der Waals surface area contributed by atoms with Gasteiger partial charge in [-0.1, -0.05) is 12.5 Å². The topological polar surface area (TPSA) is 65.7 Å². The van der Waals surface area contributed by atoms with E-state index < -0.39 is 11.1 Å². The Morgan fingerprint density at radius 2 is 1.78 bits per heavy atom. The van der Waals surface area contributed by atoms with E-state index in [1.807, 2.05) is 12.1 Å². The van der Waals surface area contributed by atoms with Crippen LogP contribution < -0.4 is 11.1 Å². The van der Waals surface area contributed by atoms with Crippen LogP contribution >= 0.6 is 11.6 Å². The van der Waals surface area contributed by atoms with Gasteiger partial charge < -0.3 is 9.97 Å². The van der Waals surface area contributed by atoms with E-state index in [-0.39, 0.29) is 5.38 Å². The molecule has 2 aromatic rings. The highest BCUT2D eigenvalue weighted by atomic mass is 35.5. The molecule has 1 aliphatic carbocycles. The van der Waals surface area contributed by atoms with Crippen LogP contribution in [-0.2, 0) is 0 Å². The Labute approximate surface area is 108 Å². The van der Waals surface area contributed by atoms with Crippen molar-refractivity contribution in [1.82, 2.24) is 9.97 Å². The number of hydrogen-bond donors (Lipinski definition) is 2. The van der Waals surface area contributed by atoms with Crippen LogP contribution in [0.3, 0.4) is 0 Å². The zero-order chi connectivity index (χ0) is 12.7. The van der Waals surface area contributed by atoms with Crippen molar-refractivity contribution >= 4 is 22.6 Å². The molecule has 18 heavy (non-hydrogen) atoms. The van der Waals surface area contributed by atoms with Crippen molar-refractivity contribution in [3.8, 4) is 0 Å². The van der Waals surface area contributed by atoms with Crippen molar-refractivity contribution in [3.63, 3.8) is 0 Å². The van der Waals surface area contributed by atoms with Gasteiger partial charge in [-0.15, -0.1) is 11.6 Å². The van der Waals surface area contributed by atoms with E-state index in [1.54, 1.807) is 6.07 Å². The van der Waals surface area contributed by atoms with Gasteiger partial charge in [0.15, 0.2) is 0 Å². The lowest BCUT2D eigenvalue weighted by molar-refractivity contribution is 0.305. The number of alkyl halides is 1. The molecule has 0 saturated heterocycles. The lowest BCUT2D eigenvalue weighted by Crippen LogP contribution is -2.29. The molecule has 0 aliphatic heterocycles. The van der Waals surface area contributed by atoms with Crippen LogP contribution in [0.4, 0.5) is 0 Å². The second kappa shape index (κ2) is 4.28. The van der Waals surface area contributed by atoms with Crippen molar-refractivity contribution in [2.75, 3.05) is 0 Å². The van der Waals surface area contributed by atoms with Crippen molar-refractivity contribution in [2.45, 2.75) is 24.6 Å². The molecule has 2 N–H and O–H groups in total. The quantitative estimate of drug-likeness (QED) is 0.646. The molecule has 3 rings (SSSR count). The molecule has 4 nitrogen and oxygen atoms in total. The molecule has 1 atom stereocenters. The SMILES string of the molecule is O=c1[nH]c2ccc(C(Cl)C3CCC3)cc2[nH]c1=O. The normalized spacial score (nSPS) is 17.6. The van der Waals surface area contributed by atoms with Gasteiger partial charge in [0, 0.05) is 0 Å². The molecular formula is C13H13ClN2O2. The summed E-state index contributed by atoms with van der Waals surface area (Å²) in [5.74, 6) is 0.526.